The van der Waals surface area contributed by atoms with E-state index in [2.05, 4.69) is 26.0 Å². The maximum Gasteiger partial charge on any atom is 0.251 e. The number of amides is 2. The van der Waals surface area contributed by atoms with Crippen LogP contribution >= 0.6 is 15.9 Å². The fourth-order valence-corrected chi connectivity index (χ4v) is 4.45. The molecule has 9 heteroatoms. The van der Waals surface area contributed by atoms with Crippen molar-refractivity contribution < 1.29 is 18.0 Å². The summed E-state index contributed by atoms with van der Waals surface area (Å²) < 4.78 is 28.0. The van der Waals surface area contributed by atoms with Crippen molar-refractivity contribution in [1.82, 2.24) is 14.9 Å². The zero-order chi connectivity index (χ0) is 21.6. The minimum atomic E-state index is -3.61. The molecule has 0 radical (unpaired) electrons. The molecule has 7 nitrogen and oxygen atoms in total. The van der Waals surface area contributed by atoms with E-state index in [-0.39, 0.29) is 23.3 Å². The first-order chi connectivity index (χ1) is 14.3. The van der Waals surface area contributed by atoms with Gasteiger partial charge in [0.2, 0.25) is 15.9 Å². The number of carbonyl (C=O) groups is 2. The van der Waals surface area contributed by atoms with Gasteiger partial charge in [0.25, 0.3) is 5.91 Å². The molecular formula is C21H24BrN3O4S. The third kappa shape index (κ3) is 6.13. The lowest BCUT2D eigenvalue weighted by Crippen LogP contribution is -2.30. The summed E-state index contributed by atoms with van der Waals surface area (Å²) in [6, 6.07) is 13.2. The summed E-state index contributed by atoms with van der Waals surface area (Å²) in [7, 11) is -3.61. The van der Waals surface area contributed by atoms with Gasteiger partial charge in [0.15, 0.2) is 0 Å². The number of halogens is 1. The molecule has 30 heavy (non-hydrogen) atoms. The number of sulfonamides is 1. The van der Waals surface area contributed by atoms with Crippen LogP contribution < -0.4 is 10.0 Å². The van der Waals surface area contributed by atoms with Crippen LogP contribution in [0.25, 0.3) is 0 Å². The van der Waals surface area contributed by atoms with Gasteiger partial charge < -0.3 is 10.2 Å². The van der Waals surface area contributed by atoms with Gasteiger partial charge in [-0.3, -0.25) is 9.59 Å². The van der Waals surface area contributed by atoms with Crippen molar-refractivity contribution in [3.05, 3.63) is 64.1 Å². The largest absolute Gasteiger partial charge is 0.352 e. The molecule has 0 aromatic heterocycles. The average Bonchev–Trinajstić information content (AvgIpc) is 3.15. The second-order valence-corrected chi connectivity index (χ2v) is 9.75. The summed E-state index contributed by atoms with van der Waals surface area (Å²) >= 11 is 3.28. The molecule has 0 spiro atoms. The highest BCUT2D eigenvalue weighted by Gasteiger charge is 2.19. The van der Waals surface area contributed by atoms with E-state index in [0.717, 1.165) is 23.0 Å². The van der Waals surface area contributed by atoms with Gasteiger partial charge >= 0.3 is 0 Å². The van der Waals surface area contributed by atoms with Crippen molar-refractivity contribution in [1.29, 1.82) is 0 Å². The van der Waals surface area contributed by atoms with Gasteiger partial charge in [0.05, 0.1) is 4.90 Å². The molecule has 1 aliphatic rings. The minimum Gasteiger partial charge on any atom is -0.352 e. The molecule has 3 rings (SSSR count). The lowest BCUT2D eigenvalue weighted by Gasteiger charge is -2.15. The molecule has 2 aromatic carbocycles. The second kappa shape index (κ2) is 10.2. The number of carbonyl (C=O) groups excluding carboxylic acids is 2. The first-order valence-corrected chi connectivity index (χ1v) is 12.0. The Morgan fingerprint density at radius 3 is 2.40 bits per heavy atom. The summed E-state index contributed by atoms with van der Waals surface area (Å²) in [5.41, 5.74) is 1.26. The highest BCUT2D eigenvalue weighted by molar-refractivity contribution is 9.10. The molecule has 1 heterocycles. The Bertz CT molecular complexity index is 992. The maximum atomic E-state index is 12.3. The molecule has 2 aromatic rings. The Morgan fingerprint density at radius 1 is 1.07 bits per heavy atom. The van der Waals surface area contributed by atoms with Crippen molar-refractivity contribution in [3.8, 4) is 0 Å². The van der Waals surface area contributed by atoms with E-state index in [9.17, 15) is 18.0 Å². The van der Waals surface area contributed by atoms with Crippen molar-refractivity contribution >= 4 is 37.8 Å². The molecule has 2 amide bonds. The molecule has 2 N–H and O–H groups in total. The zero-order valence-electron chi connectivity index (χ0n) is 16.4. The molecular weight excluding hydrogens is 470 g/mol. The van der Waals surface area contributed by atoms with Crippen LogP contribution in [0, 0.1) is 0 Å². The van der Waals surface area contributed by atoms with Crippen molar-refractivity contribution in [2.75, 3.05) is 19.6 Å². The van der Waals surface area contributed by atoms with E-state index in [0.29, 0.717) is 31.5 Å². The van der Waals surface area contributed by atoms with E-state index in [4.69, 9.17) is 0 Å². The van der Waals surface area contributed by atoms with E-state index in [1.165, 1.54) is 12.1 Å². The first kappa shape index (κ1) is 22.5. The van der Waals surface area contributed by atoms with Crippen LogP contribution in [0.3, 0.4) is 0 Å². The van der Waals surface area contributed by atoms with E-state index in [1.54, 1.807) is 36.4 Å². The number of nitrogens with zero attached hydrogens (tertiary/aromatic N) is 1. The van der Waals surface area contributed by atoms with E-state index in [1.807, 2.05) is 4.90 Å². The molecule has 0 aliphatic carbocycles. The van der Waals surface area contributed by atoms with E-state index >= 15 is 0 Å². The highest BCUT2D eigenvalue weighted by Crippen LogP contribution is 2.15. The summed E-state index contributed by atoms with van der Waals surface area (Å²) in [4.78, 5) is 25.8. The van der Waals surface area contributed by atoms with Crippen LogP contribution in [0.5, 0.6) is 0 Å². The quantitative estimate of drug-likeness (QED) is 0.524. The lowest BCUT2D eigenvalue weighted by molar-refractivity contribution is -0.127. The van der Waals surface area contributed by atoms with Crippen LogP contribution in [0.4, 0.5) is 0 Å². The summed E-state index contributed by atoms with van der Waals surface area (Å²) in [6.07, 6.45) is 2.25. The number of likely N-dealkylation sites (tertiary alicyclic amines) is 1. The Kier molecular flexibility index (Phi) is 7.63. The second-order valence-electron chi connectivity index (χ2n) is 7.07. The van der Waals surface area contributed by atoms with Gasteiger partial charge in [-0.1, -0.05) is 28.1 Å². The van der Waals surface area contributed by atoms with Crippen molar-refractivity contribution in [2.24, 2.45) is 0 Å². The number of hydrogen-bond acceptors (Lipinski definition) is 4. The molecule has 160 valence electrons. The van der Waals surface area contributed by atoms with Gasteiger partial charge in [-0.25, -0.2) is 13.1 Å². The van der Waals surface area contributed by atoms with Gasteiger partial charge in [-0.2, -0.15) is 0 Å². The normalized spacial score (nSPS) is 14.2. The van der Waals surface area contributed by atoms with Crippen LogP contribution in [0.1, 0.15) is 35.2 Å². The molecule has 0 atom stereocenters. The lowest BCUT2D eigenvalue weighted by atomic mass is 10.1. The highest BCUT2D eigenvalue weighted by atomic mass is 79.9. The van der Waals surface area contributed by atoms with E-state index < -0.39 is 10.0 Å². The third-order valence-corrected chi connectivity index (χ3v) is 6.81. The Labute approximate surface area is 185 Å². The Hall–Kier alpha value is -2.23. The number of hydrogen-bond donors (Lipinski definition) is 2. The summed E-state index contributed by atoms with van der Waals surface area (Å²) in [6.45, 7) is 2.10. The van der Waals surface area contributed by atoms with Gasteiger partial charge in [0.1, 0.15) is 0 Å². The van der Waals surface area contributed by atoms with Crippen LogP contribution in [-0.2, 0) is 21.4 Å². The number of benzene rings is 2. The van der Waals surface area contributed by atoms with Crippen LogP contribution in [0.2, 0.25) is 0 Å². The Balaban J connectivity index is 1.45. The van der Waals surface area contributed by atoms with Gasteiger partial charge in [-0.15, -0.1) is 0 Å². The predicted octanol–water partition coefficient (Wildman–Crippen LogP) is 2.67. The van der Waals surface area contributed by atoms with Crippen molar-refractivity contribution in [3.63, 3.8) is 0 Å². The third-order valence-electron chi connectivity index (χ3n) is 4.87. The summed E-state index contributed by atoms with van der Waals surface area (Å²) in [5, 5.41) is 2.85. The fraction of sp³-hybridized carbons (Fsp3) is 0.333. The van der Waals surface area contributed by atoms with Crippen LogP contribution in [0.15, 0.2) is 57.9 Å². The SMILES string of the molecule is O=C(NCCCN1CCCC1=O)c1ccc(CNS(=O)(=O)c2ccc(Br)cc2)cc1. The molecule has 0 unspecified atom stereocenters. The predicted molar refractivity (Wildman–Crippen MR) is 117 cm³/mol. The average molecular weight is 494 g/mol. The maximum absolute atomic E-state index is 12.3. The monoisotopic (exact) mass is 493 g/mol. The number of rotatable bonds is 9. The minimum absolute atomic E-state index is 0.129. The zero-order valence-corrected chi connectivity index (χ0v) is 18.8. The molecule has 1 aliphatic heterocycles. The van der Waals surface area contributed by atoms with Crippen LogP contribution in [-0.4, -0.2) is 44.8 Å². The molecule has 0 saturated carbocycles. The number of nitrogens with one attached hydrogen (secondary N) is 2. The molecule has 1 saturated heterocycles. The first-order valence-electron chi connectivity index (χ1n) is 9.75. The topological polar surface area (TPSA) is 95.6 Å². The summed E-state index contributed by atoms with van der Waals surface area (Å²) in [5.74, 6) is -0.00239. The standard InChI is InChI=1S/C21H24BrN3O4S/c22-18-8-10-19(11-9-18)30(28,29)24-15-16-4-6-17(7-5-16)21(27)23-12-2-14-25-13-1-3-20(25)26/h4-11,24H,1-3,12-15H2,(H,23,27). The smallest absolute Gasteiger partial charge is 0.251 e. The Morgan fingerprint density at radius 2 is 1.77 bits per heavy atom. The molecule has 0 bridgehead atoms. The van der Waals surface area contributed by atoms with Gasteiger partial charge in [-0.05, 0) is 54.8 Å². The molecule has 1 fully saturated rings. The van der Waals surface area contributed by atoms with Gasteiger partial charge in [0, 0.05) is 42.6 Å². The van der Waals surface area contributed by atoms with Crippen molar-refractivity contribution in [2.45, 2.75) is 30.7 Å². The fourth-order valence-electron chi connectivity index (χ4n) is 3.16.